The molecule has 5 heteroatoms. The van der Waals surface area contributed by atoms with E-state index in [0.29, 0.717) is 0 Å². The van der Waals surface area contributed by atoms with Gasteiger partial charge in [0.2, 0.25) is 0 Å². The van der Waals surface area contributed by atoms with Crippen molar-refractivity contribution in [1.29, 1.82) is 0 Å². The molecule has 0 radical (unpaired) electrons. The molecule has 1 N–H and O–H groups in total. The molecular weight excluding hydrogens is 417 g/mol. The van der Waals surface area contributed by atoms with E-state index in [1.807, 2.05) is 24.3 Å². The van der Waals surface area contributed by atoms with Gasteiger partial charge in [0.1, 0.15) is 5.75 Å². The van der Waals surface area contributed by atoms with Crippen molar-refractivity contribution in [2.24, 2.45) is 0 Å². The van der Waals surface area contributed by atoms with Crippen LogP contribution in [-0.4, -0.2) is 7.11 Å². The van der Waals surface area contributed by atoms with Gasteiger partial charge in [0.25, 0.3) is 0 Å². The Hall–Kier alpha value is -0.550. The topological polar surface area (TPSA) is 21.3 Å². The van der Waals surface area contributed by atoms with Gasteiger partial charge < -0.3 is 10.1 Å². The van der Waals surface area contributed by atoms with Crippen molar-refractivity contribution in [3.8, 4) is 5.75 Å². The van der Waals surface area contributed by atoms with Crippen molar-refractivity contribution in [3.63, 3.8) is 0 Å². The maximum absolute atomic E-state index is 6.03. The molecule has 0 aliphatic heterocycles. The number of ether oxygens (including phenoxy) is 1. The molecule has 21 heavy (non-hydrogen) atoms. The molecule has 0 saturated carbocycles. The van der Waals surface area contributed by atoms with Gasteiger partial charge in [-0.2, -0.15) is 0 Å². The molecule has 2 aromatic carbocycles. The summed E-state index contributed by atoms with van der Waals surface area (Å²) in [5.74, 6) is 0.837. The second-order valence-corrected chi connectivity index (χ2v) is 6.88. The minimum absolute atomic E-state index is 0.220. The van der Waals surface area contributed by atoms with E-state index in [2.05, 4.69) is 56.2 Å². The van der Waals surface area contributed by atoms with Crippen molar-refractivity contribution >= 4 is 43.5 Å². The molecule has 0 saturated heterocycles. The van der Waals surface area contributed by atoms with Crippen LogP contribution in [-0.2, 0) is 6.54 Å². The highest BCUT2D eigenvalue weighted by Crippen LogP contribution is 2.28. The highest BCUT2D eigenvalue weighted by atomic mass is 79.9. The lowest BCUT2D eigenvalue weighted by Crippen LogP contribution is -2.18. The Kier molecular flexibility index (Phi) is 6.11. The van der Waals surface area contributed by atoms with Crippen molar-refractivity contribution in [2.75, 3.05) is 7.11 Å². The summed E-state index contributed by atoms with van der Waals surface area (Å²) in [6.07, 6.45) is 0. The van der Waals surface area contributed by atoms with Crippen molar-refractivity contribution in [3.05, 3.63) is 61.5 Å². The molecule has 0 bridgehead atoms. The van der Waals surface area contributed by atoms with E-state index in [0.717, 1.165) is 31.8 Å². The number of hydrogen-bond donors (Lipinski definition) is 1. The van der Waals surface area contributed by atoms with Gasteiger partial charge in [-0.15, -0.1) is 0 Å². The van der Waals surface area contributed by atoms with Gasteiger partial charge in [-0.25, -0.2) is 0 Å². The SMILES string of the molecule is COc1ccc(C(C)NCc2cc(Cl)ccc2Br)cc1Br. The number of rotatable bonds is 5. The zero-order valence-electron chi connectivity index (χ0n) is 11.8. The Labute approximate surface area is 147 Å². The molecule has 2 aromatic rings. The molecule has 0 amide bonds. The van der Waals surface area contributed by atoms with Crippen LogP contribution < -0.4 is 10.1 Å². The zero-order chi connectivity index (χ0) is 15.4. The summed E-state index contributed by atoms with van der Waals surface area (Å²) in [5, 5.41) is 4.24. The van der Waals surface area contributed by atoms with Gasteiger partial charge in [-0.05, 0) is 64.3 Å². The smallest absolute Gasteiger partial charge is 0.133 e. The van der Waals surface area contributed by atoms with Gasteiger partial charge in [0, 0.05) is 22.1 Å². The Morgan fingerprint density at radius 1 is 1.14 bits per heavy atom. The summed E-state index contributed by atoms with van der Waals surface area (Å²) in [4.78, 5) is 0. The van der Waals surface area contributed by atoms with E-state index >= 15 is 0 Å². The van der Waals surface area contributed by atoms with Crippen LogP contribution in [0.2, 0.25) is 5.02 Å². The fourth-order valence-electron chi connectivity index (χ4n) is 2.01. The third-order valence-electron chi connectivity index (χ3n) is 3.28. The van der Waals surface area contributed by atoms with Crippen LogP contribution in [0.4, 0.5) is 0 Å². The van der Waals surface area contributed by atoms with E-state index < -0.39 is 0 Å². The van der Waals surface area contributed by atoms with Gasteiger partial charge in [0.05, 0.1) is 11.6 Å². The maximum atomic E-state index is 6.03. The predicted octanol–water partition coefficient (Wildman–Crippen LogP) is 5.72. The van der Waals surface area contributed by atoms with E-state index in [1.54, 1.807) is 7.11 Å². The van der Waals surface area contributed by atoms with Crippen LogP contribution in [0.3, 0.4) is 0 Å². The molecule has 0 fully saturated rings. The fraction of sp³-hybridized carbons (Fsp3) is 0.250. The first kappa shape index (κ1) is 16.8. The highest BCUT2D eigenvalue weighted by molar-refractivity contribution is 9.10. The summed E-state index contributed by atoms with van der Waals surface area (Å²) in [6, 6.07) is 12.1. The molecule has 0 spiro atoms. The minimum Gasteiger partial charge on any atom is -0.496 e. The lowest BCUT2D eigenvalue weighted by molar-refractivity contribution is 0.411. The Morgan fingerprint density at radius 2 is 1.90 bits per heavy atom. The van der Waals surface area contributed by atoms with Crippen LogP contribution in [0.15, 0.2) is 45.3 Å². The first-order valence-corrected chi connectivity index (χ1v) is 8.48. The Morgan fingerprint density at radius 3 is 2.57 bits per heavy atom. The number of halogens is 3. The first-order valence-electron chi connectivity index (χ1n) is 6.52. The van der Waals surface area contributed by atoms with Crippen LogP contribution in [0.1, 0.15) is 24.1 Å². The summed E-state index contributed by atoms with van der Waals surface area (Å²) in [5.41, 5.74) is 2.34. The molecule has 2 rings (SSSR count). The second-order valence-electron chi connectivity index (χ2n) is 4.73. The van der Waals surface area contributed by atoms with Crippen molar-refractivity contribution in [2.45, 2.75) is 19.5 Å². The fourth-order valence-corrected chi connectivity index (χ4v) is 3.15. The largest absolute Gasteiger partial charge is 0.496 e. The van der Waals surface area contributed by atoms with Gasteiger partial charge in [0.15, 0.2) is 0 Å². The molecule has 0 aromatic heterocycles. The summed E-state index contributed by atoms with van der Waals surface area (Å²) >= 11 is 13.1. The minimum atomic E-state index is 0.220. The Bertz CT molecular complexity index is 634. The molecule has 2 nitrogen and oxygen atoms in total. The second kappa shape index (κ2) is 7.63. The molecule has 112 valence electrons. The number of methoxy groups -OCH3 is 1. The normalized spacial score (nSPS) is 12.2. The number of hydrogen-bond acceptors (Lipinski definition) is 2. The monoisotopic (exact) mass is 431 g/mol. The van der Waals surface area contributed by atoms with Crippen LogP contribution in [0.5, 0.6) is 5.75 Å². The van der Waals surface area contributed by atoms with Gasteiger partial charge in [-0.1, -0.05) is 33.6 Å². The third kappa shape index (κ3) is 4.46. The van der Waals surface area contributed by atoms with E-state index in [4.69, 9.17) is 16.3 Å². The third-order valence-corrected chi connectivity index (χ3v) is 4.91. The zero-order valence-corrected chi connectivity index (χ0v) is 15.7. The number of nitrogens with one attached hydrogen (secondary N) is 1. The molecule has 0 heterocycles. The lowest BCUT2D eigenvalue weighted by atomic mass is 10.1. The average molecular weight is 434 g/mol. The summed E-state index contributed by atoms with van der Waals surface area (Å²) < 4.78 is 7.27. The van der Waals surface area contributed by atoms with E-state index in [9.17, 15) is 0 Å². The molecular formula is C16H16Br2ClNO. The quantitative estimate of drug-likeness (QED) is 0.651. The molecule has 1 atom stereocenters. The van der Waals surface area contributed by atoms with Gasteiger partial charge in [-0.3, -0.25) is 0 Å². The van der Waals surface area contributed by atoms with Crippen LogP contribution in [0, 0.1) is 0 Å². The predicted molar refractivity (Wildman–Crippen MR) is 95.1 cm³/mol. The summed E-state index contributed by atoms with van der Waals surface area (Å²) in [7, 11) is 1.66. The Balaban J connectivity index is 2.06. The average Bonchev–Trinajstić information content (AvgIpc) is 2.47. The standard InChI is InChI=1S/C16H16Br2ClNO/c1-10(11-3-6-16(21-2)15(18)8-11)20-9-12-7-13(19)4-5-14(12)17/h3-8,10,20H,9H2,1-2H3. The summed E-state index contributed by atoms with van der Waals surface area (Å²) in [6.45, 7) is 2.87. The molecule has 0 aliphatic carbocycles. The molecule has 0 aliphatic rings. The van der Waals surface area contributed by atoms with Crippen molar-refractivity contribution in [1.82, 2.24) is 5.32 Å². The lowest BCUT2D eigenvalue weighted by Gasteiger charge is -2.16. The van der Waals surface area contributed by atoms with E-state index in [1.165, 1.54) is 5.56 Å². The van der Waals surface area contributed by atoms with Crippen molar-refractivity contribution < 1.29 is 4.74 Å². The van der Waals surface area contributed by atoms with Crippen LogP contribution >= 0.6 is 43.5 Å². The van der Waals surface area contributed by atoms with E-state index in [-0.39, 0.29) is 6.04 Å². The van der Waals surface area contributed by atoms with Gasteiger partial charge >= 0.3 is 0 Å². The number of benzene rings is 2. The molecule has 1 unspecified atom stereocenters. The van der Waals surface area contributed by atoms with Crippen LogP contribution in [0.25, 0.3) is 0 Å². The highest BCUT2D eigenvalue weighted by Gasteiger charge is 2.09. The maximum Gasteiger partial charge on any atom is 0.133 e. The first-order chi connectivity index (χ1) is 10.0.